The SMILES string of the molecule is C=Cc1ccc(Nc2cccc(-c3cnc4cc(-c5cnn(C)c5)ccn34)n2)cc1. The van der Waals surface area contributed by atoms with Gasteiger partial charge in [-0.2, -0.15) is 5.10 Å². The molecular weight excluding hydrogens is 372 g/mol. The van der Waals surface area contributed by atoms with Gasteiger partial charge in [-0.3, -0.25) is 9.08 Å². The van der Waals surface area contributed by atoms with E-state index in [1.165, 1.54) is 0 Å². The number of nitrogens with zero attached hydrogens (tertiary/aromatic N) is 5. The van der Waals surface area contributed by atoms with Crippen LogP contribution in [0.4, 0.5) is 11.5 Å². The van der Waals surface area contributed by atoms with Gasteiger partial charge in [0.15, 0.2) is 0 Å². The molecule has 1 aromatic carbocycles. The second kappa shape index (κ2) is 7.33. The number of pyridine rings is 2. The van der Waals surface area contributed by atoms with Crippen molar-refractivity contribution in [3.8, 4) is 22.5 Å². The number of aryl methyl sites for hydroxylation is 1. The van der Waals surface area contributed by atoms with Gasteiger partial charge >= 0.3 is 0 Å². The Morgan fingerprint density at radius 1 is 1.00 bits per heavy atom. The first-order chi connectivity index (χ1) is 14.7. The van der Waals surface area contributed by atoms with E-state index in [4.69, 9.17) is 4.98 Å². The van der Waals surface area contributed by atoms with Crippen LogP contribution in [0.25, 0.3) is 34.2 Å². The smallest absolute Gasteiger partial charge is 0.137 e. The van der Waals surface area contributed by atoms with Gasteiger partial charge in [-0.05, 0) is 47.5 Å². The molecular formula is C24H20N6. The minimum Gasteiger partial charge on any atom is -0.340 e. The lowest BCUT2D eigenvalue weighted by Gasteiger charge is -2.08. The van der Waals surface area contributed by atoms with Crippen molar-refractivity contribution in [2.24, 2.45) is 7.05 Å². The molecule has 30 heavy (non-hydrogen) atoms. The Balaban J connectivity index is 1.46. The van der Waals surface area contributed by atoms with Crippen LogP contribution in [-0.2, 0) is 7.05 Å². The van der Waals surface area contributed by atoms with Crippen LogP contribution in [0.3, 0.4) is 0 Å². The molecule has 146 valence electrons. The summed E-state index contributed by atoms with van der Waals surface area (Å²) in [6.45, 7) is 3.79. The minimum atomic E-state index is 0.779. The van der Waals surface area contributed by atoms with Crippen molar-refractivity contribution in [2.45, 2.75) is 0 Å². The van der Waals surface area contributed by atoms with Gasteiger partial charge < -0.3 is 5.32 Å². The summed E-state index contributed by atoms with van der Waals surface area (Å²) in [5, 5.41) is 7.60. The number of nitrogens with one attached hydrogen (secondary N) is 1. The van der Waals surface area contributed by atoms with Crippen LogP contribution in [0.1, 0.15) is 5.56 Å². The summed E-state index contributed by atoms with van der Waals surface area (Å²) in [4.78, 5) is 9.37. The zero-order chi connectivity index (χ0) is 20.5. The molecule has 0 spiro atoms. The predicted octanol–water partition coefficient (Wildman–Crippen LogP) is 5.18. The standard InChI is InChI=1S/C24H20N6/c1-3-17-7-9-20(10-8-17)27-23-6-4-5-21(28-23)22-15-25-24-13-18(11-12-30(22)24)19-14-26-29(2)16-19/h3-16H,1H2,2H3,(H,27,28). The highest BCUT2D eigenvalue weighted by Gasteiger charge is 2.10. The van der Waals surface area contributed by atoms with E-state index in [2.05, 4.69) is 34.1 Å². The highest BCUT2D eigenvalue weighted by atomic mass is 15.2. The average Bonchev–Trinajstić information content (AvgIpc) is 3.40. The van der Waals surface area contributed by atoms with Crippen LogP contribution in [0, 0.1) is 0 Å². The maximum atomic E-state index is 4.78. The fourth-order valence-corrected chi connectivity index (χ4v) is 3.42. The molecule has 0 atom stereocenters. The van der Waals surface area contributed by atoms with Crippen molar-refractivity contribution >= 4 is 23.2 Å². The van der Waals surface area contributed by atoms with Gasteiger partial charge in [0, 0.05) is 30.7 Å². The van der Waals surface area contributed by atoms with Gasteiger partial charge in [0.2, 0.25) is 0 Å². The van der Waals surface area contributed by atoms with Crippen LogP contribution in [-0.4, -0.2) is 24.1 Å². The lowest BCUT2D eigenvalue weighted by molar-refractivity contribution is 0.768. The molecule has 0 aliphatic heterocycles. The normalized spacial score (nSPS) is 11.0. The van der Waals surface area contributed by atoms with Gasteiger partial charge in [0.1, 0.15) is 11.5 Å². The Labute approximate surface area is 174 Å². The zero-order valence-corrected chi connectivity index (χ0v) is 16.5. The number of fused-ring (bicyclic) bond motifs is 1. The van der Waals surface area contributed by atoms with Gasteiger partial charge in [-0.15, -0.1) is 0 Å². The molecule has 6 nitrogen and oxygen atoms in total. The van der Waals surface area contributed by atoms with E-state index in [1.807, 2.05) is 84.8 Å². The van der Waals surface area contributed by atoms with Crippen molar-refractivity contribution in [1.29, 1.82) is 0 Å². The van der Waals surface area contributed by atoms with Gasteiger partial charge in [-0.25, -0.2) is 9.97 Å². The molecule has 0 fully saturated rings. The van der Waals surface area contributed by atoms with Gasteiger partial charge in [0.25, 0.3) is 0 Å². The topological polar surface area (TPSA) is 60.0 Å². The van der Waals surface area contributed by atoms with Crippen molar-refractivity contribution in [3.05, 3.63) is 91.5 Å². The summed E-state index contributed by atoms with van der Waals surface area (Å²) >= 11 is 0. The number of aromatic nitrogens is 5. The fraction of sp³-hybridized carbons (Fsp3) is 0.0417. The third-order valence-corrected chi connectivity index (χ3v) is 4.98. The molecule has 0 radical (unpaired) electrons. The van der Waals surface area contributed by atoms with Crippen LogP contribution >= 0.6 is 0 Å². The molecule has 0 amide bonds. The Hall–Kier alpha value is -4.19. The quantitative estimate of drug-likeness (QED) is 0.447. The fourth-order valence-electron chi connectivity index (χ4n) is 3.42. The molecule has 1 N–H and O–H groups in total. The number of hydrogen-bond donors (Lipinski definition) is 1. The summed E-state index contributed by atoms with van der Waals surface area (Å²) in [5.74, 6) is 0.779. The molecule has 0 unspecified atom stereocenters. The second-order valence-electron chi connectivity index (χ2n) is 7.05. The largest absolute Gasteiger partial charge is 0.340 e. The second-order valence-corrected chi connectivity index (χ2v) is 7.05. The molecule has 6 heteroatoms. The first kappa shape index (κ1) is 17.9. The van der Waals surface area contributed by atoms with E-state index in [-0.39, 0.29) is 0 Å². The van der Waals surface area contributed by atoms with E-state index >= 15 is 0 Å². The number of hydrogen-bond acceptors (Lipinski definition) is 4. The van der Waals surface area contributed by atoms with Crippen molar-refractivity contribution in [1.82, 2.24) is 24.1 Å². The molecule has 0 aliphatic rings. The van der Waals surface area contributed by atoms with E-state index in [9.17, 15) is 0 Å². The van der Waals surface area contributed by atoms with Crippen molar-refractivity contribution in [3.63, 3.8) is 0 Å². The van der Waals surface area contributed by atoms with Crippen molar-refractivity contribution in [2.75, 3.05) is 5.32 Å². The minimum absolute atomic E-state index is 0.779. The molecule has 0 bridgehead atoms. The molecule has 0 aliphatic carbocycles. The molecule has 4 aromatic heterocycles. The first-order valence-corrected chi connectivity index (χ1v) is 9.63. The van der Waals surface area contributed by atoms with E-state index in [1.54, 1.807) is 4.68 Å². The number of anilines is 2. The summed E-state index contributed by atoms with van der Waals surface area (Å²) in [5.41, 5.74) is 6.86. The molecule has 4 heterocycles. The maximum Gasteiger partial charge on any atom is 0.137 e. The number of rotatable bonds is 5. The maximum absolute atomic E-state index is 4.78. The van der Waals surface area contributed by atoms with Crippen molar-refractivity contribution < 1.29 is 0 Å². The van der Waals surface area contributed by atoms with Crippen LogP contribution in [0.15, 0.2) is 86.0 Å². The Morgan fingerprint density at radius 2 is 1.87 bits per heavy atom. The van der Waals surface area contributed by atoms with E-state index < -0.39 is 0 Å². The van der Waals surface area contributed by atoms with Crippen LogP contribution in [0.2, 0.25) is 0 Å². The Morgan fingerprint density at radius 3 is 2.63 bits per heavy atom. The lowest BCUT2D eigenvalue weighted by atomic mass is 10.1. The number of imidazole rings is 1. The highest BCUT2D eigenvalue weighted by molar-refractivity contribution is 5.70. The van der Waals surface area contributed by atoms with E-state index in [0.717, 1.165) is 45.2 Å². The molecule has 0 saturated heterocycles. The zero-order valence-electron chi connectivity index (χ0n) is 16.5. The third kappa shape index (κ3) is 3.35. The Kier molecular flexibility index (Phi) is 4.37. The number of benzene rings is 1. The molecule has 5 rings (SSSR count). The Bertz CT molecular complexity index is 1340. The molecule has 0 saturated carbocycles. The summed E-state index contributed by atoms with van der Waals surface area (Å²) in [7, 11) is 1.91. The third-order valence-electron chi connectivity index (χ3n) is 4.98. The van der Waals surface area contributed by atoms with Gasteiger partial charge in [0.05, 0.1) is 23.8 Å². The highest BCUT2D eigenvalue weighted by Crippen LogP contribution is 2.25. The van der Waals surface area contributed by atoms with E-state index in [0.29, 0.717) is 0 Å². The summed E-state index contributed by atoms with van der Waals surface area (Å²) in [6.07, 6.45) is 9.55. The molecule has 5 aromatic rings. The summed E-state index contributed by atoms with van der Waals surface area (Å²) < 4.78 is 3.84. The predicted molar refractivity (Wildman–Crippen MR) is 120 cm³/mol. The lowest BCUT2D eigenvalue weighted by Crippen LogP contribution is -1.96. The first-order valence-electron chi connectivity index (χ1n) is 9.63. The van der Waals surface area contributed by atoms with Gasteiger partial charge in [-0.1, -0.05) is 30.9 Å². The van der Waals surface area contributed by atoms with Crippen LogP contribution < -0.4 is 5.32 Å². The van der Waals surface area contributed by atoms with Crippen LogP contribution in [0.5, 0.6) is 0 Å². The summed E-state index contributed by atoms with van der Waals surface area (Å²) in [6, 6.07) is 18.1. The monoisotopic (exact) mass is 392 g/mol. The average molecular weight is 392 g/mol.